The van der Waals surface area contributed by atoms with E-state index in [1.54, 1.807) is 6.20 Å². The van der Waals surface area contributed by atoms with E-state index in [-0.39, 0.29) is 11.8 Å². The lowest BCUT2D eigenvalue weighted by atomic mass is 10.1. The third-order valence-electron chi connectivity index (χ3n) is 3.71. The van der Waals surface area contributed by atoms with Gasteiger partial charge in [0, 0.05) is 49.3 Å². The number of rotatable bonds is 5. The predicted molar refractivity (Wildman–Crippen MR) is 81.7 cm³/mol. The van der Waals surface area contributed by atoms with Crippen molar-refractivity contribution in [2.45, 2.75) is 38.9 Å². The number of pyridine rings is 1. The SMILES string of the molecule is CC(C)NCc1cnccc1N(C)C1CCS(=O)(=O)C1. The van der Waals surface area contributed by atoms with Crippen LogP contribution >= 0.6 is 0 Å². The minimum atomic E-state index is -2.86. The molecule has 1 aromatic heterocycles. The molecule has 0 saturated carbocycles. The Balaban J connectivity index is 2.15. The summed E-state index contributed by atoms with van der Waals surface area (Å²) < 4.78 is 23.3. The molecule has 1 atom stereocenters. The summed E-state index contributed by atoms with van der Waals surface area (Å²) in [6, 6.07) is 2.43. The molecule has 1 N–H and O–H groups in total. The summed E-state index contributed by atoms with van der Waals surface area (Å²) in [4.78, 5) is 6.26. The van der Waals surface area contributed by atoms with E-state index in [1.165, 1.54) is 0 Å². The van der Waals surface area contributed by atoms with Gasteiger partial charge in [-0.2, -0.15) is 0 Å². The van der Waals surface area contributed by atoms with Gasteiger partial charge in [-0.15, -0.1) is 0 Å². The zero-order chi connectivity index (χ0) is 14.8. The maximum Gasteiger partial charge on any atom is 0.152 e. The molecule has 1 saturated heterocycles. The first-order valence-electron chi connectivity index (χ1n) is 6.98. The van der Waals surface area contributed by atoms with Crippen LogP contribution in [-0.4, -0.2) is 44.0 Å². The number of hydrogen-bond acceptors (Lipinski definition) is 5. The van der Waals surface area contributed by atoms with E-state index < -0.39 is 9.84 Å². The van der Waals surface area contributed by atoms with Gasteiger partial charge in [0.2, 0.25) is 0 Å². The molecule has 5 nitrogen and oxygen atoms in total. The van der Waals surface area contributed by atoms with Crippen molar-refractivity contribution in [2.75, 3.05) is 23.5 Å². The van der Waals surface area contributed by atoms with Crippen molar-refractivity contribution < 1.29 is 8.42 Å². The molecular formula is C14H23N3O2S. The van der Waals surface area contributed by atoms with Crippen LogP contribution in [0.2, 0.25) is 0 Å². The van der Waals surface area contributed by atoms with Crippen LogP contribution < -0.4 is 10.2 Å². The molecule has 0 aromatic carbocycles. The van der Waals surface area contributed by atoms with E-state index in [0.29, 0.717) is 18.2 Å². The molecule has 2 heterocycles. The largest absolute Gasteiger partial charge is 0.370 e. The van der Waals surface area contributed by atoms with Crippen LogP contribution in [0.3, 0.4) is 0 Å². The van der Waals surface area contributed by atoms with Gasteiger partial charge in [-0.25, -0.2) is 8.42 Å². The van der Waals surface area contributed by atoms with Gasteiger partial charge in [-0.05, 0) is 12.5 Å². The summed E-state index contributed by atoms with van der Waals surface area (Å²) in [5, 5.41) is 3.38. The molecular weight excluding hydrogens is 274 g/mol. The van der Waals surface area contributed by atoms with E-state index in [9.17, 15) is 8.42 Å². The van der Waals surface area contributed by atoms with Gasteiger partial charge in [0.25, 0.3) is 0 Å². The van der Waals surface area contributed by atoms with Gasteiger partial charge in [0.15, 0.2) is 9.84 Å². The Bertz CT molecular complexity index is 557. The summed E-state index contributed by atoms with van der Waals surface area (Å²) in [6.07, 6.45) is 4.32. The number of aromatic nitrogens is 1. The van der Waals surface area contributed by atoms with Crippen molar-refractivity contribution in [3.63, 3.8) is 0 Å². The van der Waals surface area contributed by atoms with E-state index in [0.717, 1.165) is 17.8 Å². The fraction of sp³-hybridized carbons (Fsp3) is 0.643. The quantitative estimate of drug-likeness (QED) is 0.885. The third kappa shape index (κ3) is 3.70. The topological polar surface area (TPSA) is 62.3 Å². The van der Waals surface area contributed by atoms with Crippen molar-refractivity contribution in [3.05, 3.63) is 24.0 Å². The standard InChI is InChI=1S/C14H23N3O2S/c1-11(2)16-9-12-8-15-6-4-14(12)17(3)13-5-7-20(18,19)10-13/h4,6,8,11,13,16H,5,7,9-10H2,1-3H3. The molecule has 1 unspecified atom stereocenters. The predicted octanol–water partition coefficient (Wildman–Crippen LogP) is 1.20. The van der Waals surface area contributed by atoms with Crippen LogP contribution in [0.25, 0.3) is 0 Å². The molecule has 0 radical (unpaired) electrons. The fourth-order valence-corrected chi connectivity index (χ4v) is 4.27. The van der Waals surface area contributed by atoms with Crippen molar-refractivity contribution in [2.24, 2.45) is 0 Å². The van der Waals surface area contributed by atoms with Gasteiger partial charge in [-0.3, -0.25) is 4.98 Å². The first-order chi connectivity index (χ1) is 9.39. The highest BCUT2D eigenvalue weighted by Crippen LogP contribution is 2.25. The van der Waals surface area contributed by atoms with E-state index in [4.69, 9.17) is 0 Å². The number of nitrogens with zero attached hydrogens (tertiary/aromatic N) is 2. The zero-order valence-corrected chi connectivity index (χ0v) is 13.2. The van der Waals surface area contributed by atoms with Crippen molar-refractivity contribution >= 4 is 15.5 Å². The van der Waals surface area contributed by atoms with E-state index in [2.05, 4.69) is 29.0 Å². The Labute approximate surface area is 121 Å². The van der Waals surface area contributed by atoms with Crippen LogP contribution in [0.5, 0.6) is 0 Å². The van der Waals surface area contributed by atoms with Crippen LogP contribution in [0.1, 0.15) is 25.8 Å². The van der Waals surface area contributed by atoms with Gasteiger partial charge in [0.1, 0.15) is 0 Å². The highest BCUT2D eigenvalue weighted by Gasteiger charge is 2.31. The van der Waals surface area contributed by atoms with Crippen LogP contribution in [0, 0.1) is 0 Å². The highest BCUT2D eigenvalue weighted by atomic mass is 32.2. The molecule has 6 heteroatoms. The highest BCUT2D eigenvalue weighted by molar-refractivity contribution is 7.91. The van der Waals surface area contributed by atoms with E-state index in [1.807, 2.05) is 19.3 Å². The lowest BCUT2D eigenvalue weighted by Crippen LogP contribution is -2.34. The Morgan fingerprint density at radius 3 is 2.85 bits per heavy atom. The fourth-order valence-electron chi connectivity index (χ4n) is 2.49. The number of nitrogens with one attached hydrogen (secondary N) is 1. The summed E-state index contributed by atoms with van der Waals surface area (Å²) in [5.74, 6) is 0.551. The molecule has 0 aliphatic carbocycles. The van der Waals surface area contributed by atoms with E-state index >= 15 is 0 Å². The molecule has 0 spiro atoms. The minimum absolute atomic E-state index is 0.0696. The molecule has 1 aliphatic heterocycles. The van der Waals surface area contributed by atoms with Gasteiger partial charge < -0.3 is 10.2 Å². The molecule has 1 aliphatic rings. The maximum atomic E-state index is 11.6. The normalized spacial score (nSPS) is 21.3. The average molecular weight is 297 g/mol. The third-order valence-corrected chi connectivity index (χ3v) is 5.47. The summed E-state index contributed by atoms with van der Waals surface area (Å²) in [6.45, 7) is 4.94. The molecule has 112 valence electrons. The average Bonchev–Trinajstić information content (AvgIpc) is 2.76. The second-order valence-electron chi connectivity index (χ2n) is 5.71. The van der Waals surface area contributed by atoms with Crippen LogP contribution in [-0.2, 0) is 16.4 Å². The van der Waals surface area contributed by atoms with Crippen LogP contribution in [0.4, 0.5) is 5.69 Å². The van der Waals surface area contributed by atoms with Crippen LogP contribution in [0.15, 0.2) is 18.5 Å². The molecule has 1 aromatic rings. The lowest BCUT2D eigenvalue weighted by molar-refractivity contribution is 0.585. The summed E-state index contributed by atoms with van der Waals surface area (Å²) >= 11 is 0. The Morgan fingerprint density at radius 1 is 1.50 bits per heavy atom. The second kappa shape index (κ2) is 6.10. The molecule has 0 amide bonds. The molecule has 20 heavy (non-hydrogen) atoms. The monoisotopic (exact) mass is 297 g/mol. The second-order valence-corrected chi connectivity index (χ2v) is 7.94. The first kappa shape index (κ1) is 15.3. The van der Waals surface area contributed by atoms with Gasteiger partial charge in [0.05, 0.1) is 11.5 Å². The zero-order valence-electron chi connectivity index (χ0n) is 12.3. The molecule has 0 bridgehead atoms. The van der Waals surface area contributed by atoms with Crippen molar-refractivity contribution in [1.82, 2.24) is 10.3 Å². The lowest BCUT2D eigenvalue weighted by Gasteiger charge is -2.28. The van der Waals surface area contributed by atoms with Crippen molar-refractivity contribution in [1.29, 1.82) is 0 Å². The Hall–Kier alpha value is -1.14. The Kier molecular flexibility index (Phi) is 4.65. The van der Waals surface area contributed by atoms with Gasteiger partial charge >= 0.3 is 0 Å². The first-order valence-corrected chi connectivity index (χ1v) is 8.81. The van der Waals surface area contributed by atoms with Gasteiger partial charge in [-0.1, -0.05) is 13.8 Å². The minimum Gasteiger partial charge on any atom is -0.370 e. The van der Waals surface area contributed by atoms with Crippen molar-refractivity contribution in [3.8, 4) is 0 Å². The molecule has 2 rings (SSSR count). The number of anilines is 1. The summed E-state index contributed by atoms with van der Waals surface area (Å²) in [5.41, 5.74) is 2.17. The number of sulfone groups is 1. The summed E-state index contributed by atoms with van der Waals surface area (Å²) in [7, 11) is -0.888. The number of hydrogen-bond donors (Lipinski definition) is 1. The smallest absolute Gasteiger partial charge is 0.152 e. The Morgan fingerprint density at radius 2 is 2.25 bits per heavy atom. The molecule has 1 fully saturated rings. The maximum absolute atomic E-state index is 11.6.